The Hall–Kier alpha value is -4.08. The number of nitrogens with one attached hydrogen (secondary N) is 4. The molecule has 0 aliphatic carbocycles. The number of amides is 2. The number of hydrogen-bond donors (Lipinski definition) is 4. The molecule has 34 heavy (non-hydrogen) atoms. The van der Waals surface area contributed by atoms with Gasteiger partial charge in [-0.3, -0.25) is 9.59 Å². The number of benzene rings is 1. The second-order valence-electron chi connectivity index (χ2n) is 8.10. The smallest absolute Gasteiger partial charge is 0.253 e. The molecular formula is C24H26FN7O2. The molecule has 5 rings (SSSR count). The minimum Gasteiger partial charge on any atom is -0.370 e. The largest absolute Gasteiger partial charge is 0.370 e. The summed E-state index contributed by atoms with van der Waals surface area (Å²) >= 11 is 0. The molecule has 0 saturated carbocycles. The van der Waals surface area contributed by atoms with Crippen molar-refractivity contribution in [2.24, 2.45) is 0 Å². The number of carbonyl (C=O) groups is 2. The second kappa shape index (κ2) is 10.2. The van der Waals surface area contributed by atoms with Crippen LogP contribution < -0.4 is 21.3 Å². The summed E-state index contributed by atoms with van der Waals surface area (Å²) in [7, 11) is 0. The zero-order chi connectivity index (χ0) is 24.1. The zero-order valence-corrected chi connectivity index (χ0v) is 19.0. The van der Waals surface area contributed by atoms with Crippen molar-refractivity contribution in [1.82, 2.24) is 20.3 Å². The number of halogens is 1. The van der Waals surface area contributed by atoms with E-state index in [4.69, 9.17) is 0 Å². The average Bonchev–Trinajstić information content (AvgIpc) is 2.80. The first kappa shape index (κ1) is 23.1. The van der Waals surface area contributed by atoms with Crippen LogP contribution >= 0.6 is 0 Å². The van der Waals surface area contributed by atoms with Gasteiger partial charge in [0.15, 0.2) is 0 Å². The zero-order valence-electron chi connectivity index (χ0n) is 19.0. The predicted octanol–water partition coefficient (Wildman–Crippen LogP) is 4.01. The maximum absolute atomic E-state index is 14.5. The van der Waals surface area contributed by atoms with Crippen LogP contribution in [0.3, 0.4) is 0 Å². The van der Waals surface area contributed by atoms with Crippen LogP contribution in [0, 0.1) is 12.9 Å². The Morgan fingerprint density at radius 1 is 1.03 bits per heavy atom. The van der Waals surface area contributed by atoms with Gasteiger partial charge in [-0.2, -0.15) is 9.37 Å². The van der Waals surface area contributed by atoms with Crippen LogP contribution in [0.1, 0.15) is 42.1 Å². The molecule has 2 amide bonds. The average molecular weight is 464 g/mol. The predicted molar refractivity (Wildman–Crippen MR) is 129 cm³/mol. The van der Waals surface area contributed by atoms with Gasteiger partial charge in [0, 0.05) is 43.5 Å². The highest BCUT2D eigenvalue weighted by molar-refractivity contribution is 6.04. The highest BCUT2D eigenvalue weighted by atomic mass is 19.1. The van der Waals surface area contributed by atoms with Crippen molar-refractivity contribution in [3.05, 3.63) is 53.7 Å². The summed E-state index contributed by atoms with van der Waals surface area (Å²) in [5.41, 5.74) is 2.95. The molecule has 0 saturated heterocycles. The molecule has 10 heteroatoms. The van der Waals surface area contributed by atoms with Crippen molar-refractivity contribution >= 4 is 35.0 Å². The van der Waals surface area contributed by atoms with Gasteiger partial charge in [-0.25, -0.2) is 9.97 Å². The Kier molecular flexibility index (Phi) is 6.95. The number of nitrogens with zero attached hydrogens (tertiary/aromatic N) is 3. The number of hydrogen-bond acceptors (Lipinski definition) is 7. The fourth-order valence-electron chi connectivity index (χ4n) is 3.64. The van der Waals surface area contributed by atoms with Crippen LogP contribution in [0.25, 0.3) is 11.1 Å². The molecule has 2 aliphatic rings. The van der Waals surface area contributed by atoms with Gasteiger partial charge >= 0.3 is 0 Å². The van der Waals surface area contributed by atoms with E-state index < -0.39 is 5.95 Å². The van der Waals surface area contributed by atoms with Gasteiger partial charge in [-0.15, -0.1) is 0 Å². The molecule has 2 aromatic heterocycles. The fourth-order valence-corrected chi connectivity index (χ4v) is 3.64. The van der Waals surface area contributed by atoms with Gasteiger partial charge < -0.3 is 21.3 Å². The molecule has 0 fully saturated rings. The number of anilines is 4. The molecule has 0 unspecified atom stereocenters. The molecule has 9 nitrogen and oxygen atoms in total. The summed E-state index contributed by atoms with van der Waals surface area (Å²) in [4.78, 5) is 37.1. The first-order chi connectivity index (χ1) is 16.4. The third-order valence-electron chi connectivity index (χ3n) is 5.40. The van der Waals surface area contributed by atoms with Gasteiger partial charge in [0.2, 0.25) is 17.8 Å². The fraction of sp³-hybridized carbons (Fsp3) is 0.292. The molecule has 0 atom stereocenters. The van der Waals surface area contributed by atoms with E-state index in [-0.39, 0.29) is 23.5 Å². The van der Waals surface area contributed by atoms with Crippen LogP contribution in [0.2, 0.25) is 0 Å². The van der Waals surface area contributed by atoms with Crippen LogP contribution in [-0.4, -0.2) is 39.9 Å². The van der Waals surface area contributed by atoms with Gasteiger partial charge in [-0.1, -0.05) is 6.07 Å². The molecule has 2 aliphatic heterocycles. The molecule has 0 spiro atoms. The quantitative estimate of drug-likeness (QED) is 0.402. The second-order valence-corrected chi connectivity index (χ2v) is 8.10. The number of carbonyl (C=O) groups excluding carboxylic acids is 2. The minimum absolute atomic E-state index is 0.105. The number of fused-ring (bicyclic) bond motifs is 9. The molecule has 4 N–H and O–H groups in total. The summed E-state index contributed by atoms with van der Waals surface area (Å²) in [5, 5.41) is 11.8. The summed E-state index contributed by atoms with van der Waals surface area (Å²) < 4.78 is 14.5. The molecule has 4 heterocycles. The van der Waals surface area contributed by atoms with E-state index >= 15 is 0 Å². The first-order valence-corrected chi connectivity index (χ1v) is 11.1. The first-order valence-electron chi connectivity index (χ1n) is 11.1. The third-order valence-corrected chi connectivity index (χ3v) is 5.40. The van der Waals surface area contributed by atoms with Crippen molar-refractivity contribution in [1.29, 1.82) is 0 Å². The Balaban J connectivity index is 1.76. The summed E-state index contributed by atoms with van der Waals surface area (Å²) in [5.74, 6) is -0.361. The molecule has 176 valence electrons. The van der Waals surface area contributed by atoms with E-state index in [0.717, 1.165) is 24.8 Å². The molecule has 1 aromatic carbocycles. The van der Waals surface area contributed by atoms with E-state index in [1.807, 2.05) is 6.92 Å². The maximum Gasteiger partial charge on any atom is 0.253 e. The lowest BCUT2D eigenvalue weighted by Gasteiger charge is -2.13. The monoisotopic (exact) mass is 463 g/mol. The summed E-state index contributed by atoms with van der Waals surface area (Å²) in [6, 6.07) is 6.63. The van der Waals surface area contributed by atoms with Gasteiger partial charge in [0.05, 0.1) is 16.9 Å². The van der Waals surface area contributed by atoms with E-state index in [0.29, 0.717) is 41.3 Å². The highest BCUT2D eigenvalue weighted by Crippen LogP contribution is 2.29. The van der Waals surface area contributed by atoms with Crippen molar-refractivity contribution in [3.63, 3.8) is 0 Å². The van der Waals surface area contributed by atoms with Crippen LogP contribution in [0.15, 0.2) is 36.7 Å². The van der Waals surface area contributed by atoms with Crippen molar-refractivity contribution in [2.75, 3.05) is 29.0 Å². The SMILES string of the molecule is CC(=O)Nc1cc2ccc1C(=O)NCCCCCNc1nc(ncc1C)Nc1cc-2cnc1F. The van der Waals surface area contributed by atoms with E-state index in [1.165, 1.54) is 13.1 Å². The Morgan fingerprint density at radius 2 is 1.82 bits per heavy atom. The van der Waals surface area contributed by atoms with Gasteiger partial charge in [0.25, 0.3) is 5.91 Å². The van der Waals surface area contributed by atoms with E-state index in [9.17, 15) is 14.0 Å². The topological polar surface area (TPSA) is 121 Å². The lowest BCUT2D eigenvalue weighted by Crippen LogP contribution is -2.26. The number of aryl methyl sites for hydroxylation is 1. The lowest BCUT2D eigenvalue weighted by atomic mass is 10.0. The van der Waals surface area contributed by atoms with Crippen LogP contribution in [0.4, 0.5) is 27.5 Å². The molecule has 3 aromatic rings. The van der Waals surface area contributed by atoms with E-state index in [2.05, 4.69) is 36.2 Å². The maximum atomic E-state index is 14.5. The number of aromatic nitrogens is 3. The molecular weight excluding hydrogens is 437 g/mol. The van der Waals surface area contributed by atoms with Crippen molar-refractivity contribution in [3.8, 4) is 11.1 Å². The normalized spacial score (nSPS) is 14.0. The minimum atomic E-state index is -0.702. The lowest BCUT2D eigenvalue weighted by molar-refractivity contribution is -0.114. The van der Waals surface area contributed by atoms with Gasteiger partial charge in [0.1, 0.15) is 5.82 Å². The van der Waals surface area contributed by atoms with E-state index in [1.54, 1.807) is 30.5 Å². The summed E-state index contributed by atoms with van der Waals surface area (Å²) in [6.45, 7) is 4.49. The Morgan fingerprint density at radius 3 is 2.62 bits per heavy atom. The van der Waals surface area contributed by atoms with Crippen LogP contribution in [0.5, 0.6) is 0 Å². The molecule has 6 bridgehead atoms. The number of rotatable bonds is 1. The number of pyridine rings is 1. The Labute approximate surface area is 196 Å². The molecule has 0 radical (unpaired) electrons. The van der Waals surface area contributed by atoms with Crippen molar-refractivity contribution in [2.45, 2.75) is 33.1 Å². The standard InChI is InChI=1S/C24H26FN7O2/c1-14-12-29-24-31-20-11-17(13-28-21(20)25)16-6-7-18(19(10-16)30-15(2)33)23(34)27-9-5-3-4-8-26-22(14)32-24/h6-7,10-13H,3-5,8-9H2,1-2H3,(H,27,34)(H,30,33)(H2,26,29,31,32). The van der Waals surface area contributed by atoms with Crippen LogP contribution in [-0.2, 0) is 4.79 Å². The summed E-state index contributed by atoms with van der Waals surface area (Å²) in [6.07, 6.45) is 5.66. The van der Waals surface area contributed by atoms with Crippen molar-refractivity contribution < 1.29 is 14.0 Å². The third kappa shape index (κ3) is 5.45. The Bertz CT molecular complexity index is 1230. The highest BCUT2D eigenvalue weighted by Gasteiger charge is 2.16. The van der Waals surface area contributed by atoms with Gasteiger partial charge in [-0.05, 0) is 49.9 Å².